The summed E-state index contributed by atoms with van der Waals surface area (Å²) in [6, 6.07) is 11.2. The van der Waals surface area contributed by atoms with E-state index in [4.69, 9.17) is 0 Å². The Labute approximate surface area is 201 Å². The van der Waals surface area contributed by atoms with Gasteiger partial charge in [-0.3, -0.25) is 14.5 Å². The summed E-state index contributed by atoms with van der Waals surface area (Å²) in [5, 5.41) is 2.71. The number of carbonyl (C=O) groups excluding carboxylic acids is 2. The maximum absolute atomic E-state index is 14.4. The topological polar surface area (TPSA) is 78.4 Å². The summed E-state index contributed by atoms with van der Waals surface area (Å²) in [6.07, 6.45) is 0.266. The largest absolute Gasteiger partial charge is 0.346 e. The van der Waals surface area contributed by atoms with Crippen molar-refractivity contribution in [1.82, 2.24) is 25.1 Å². The molecule has 7 nitrogen and oxygen atoms in total. The van der Waals surface area contributed by atoms with Crippen LogP contribution in [0.15, 0.2) is 42.5 Å². The van der Waals surface area contributed by atoms with Gasteiger partial charge in [0, 0.05) is 26.6 Å². The molecule has 0 spiro atoms. The predicted octanol–water partition coefficient (Wildman–Crippen LogP) is 2.88. The van der Waals surface area contributed by atoms with Gasteiger partial charge in [0.05, 0.1) is 29.1 Å². The first-order valence-corrected chi connectivity index (χ1v) is 11.4. The number of amides is 2. The van der Waals surface area contributed by atoms with Gasteiger partial charge < -0.3 is 10.2 Å². The summed E-state index contributed by atoms with van der Waals surface area (Å²) < 4.78 is 28.9. The lowest BCUT2D eigenvalue weighted by molar-refractivity contribution is -0.147. The van der Waals surface area contributed by atoms with Gasteiger partial charge in [0.25, 0.3) is 5.91 Å². The second kappa shape index (κ2) is 8.49. The average Bonchev–Trinajstić information content (AvgIpc) is 3.21. The van der Waals surface area contributed by atoms with Crippen molar-refractivity contribution in [1.29, 1.82) is 0 Å². The molecule has 35 heavy (non-hydrogen) atoms. The molecule has 180 valence electrons. The van der Waals surface area contributed by atoms with Crippen LogP contribution in [0, 0.1) is 11.6 Å². The smallest absolute Gasteiger partial charge is 0.255 e. The normalized spacial score (nSPS) is 20.2. The van der Waals surface area contributed by atoms with E-state index < -0.39 is 17.2 Å². The highest BCUT2D eigenvalue weighted by molar-refractivity contribution is 5.99. The average molecular weight is 478 g/mol. The monoisotopic (exact) mass is 477 g/mol. The van der Waals surface area contributed by atoms with Gasteiger partial charge in [-0.25, -0.2) is 18.7 Å². The number of halogens is 2. The molecule has 0 aliphatic carbocycles. The number of likely N-dealkylation sites (N-methyl/N-ethyl adjacent to an activating group) is 2. The number of hydrogen-bond donors (Lipinski definition) is 1. The fourth-order valence-electron chi connectivity index (χ4n) is 4.80. The van der Waals surface area contributed by atoms with Gasteiger partial charge in [-0.05, 0) is 37.2 Å². The van der Waals surface area contributed by atoms with Gasteiger partial charge in [-0.2, -0.15) is 0 Å². The Bertz CT molecular complexity index is 1320. The van der Waals surface area contributed by atoms with E-state index >= 15 is 0 Å². The summed E-state index contributed by atoms with van der Waals surface area (Å²) in [5.74, 6) is -1.90. The minimum Gasteiger partial charge on any atom is -0.346 e. The number of benzene rings is 2. The maximum atomic E-state index is 14.4. The lowest BCUT2D eigenvalue weighted by atomic mass is 9.86. The molecule has 1 N–H and O–H groups in total. The second-order valence-electron chi connectivity index (χ2n) is 9.19. The highest BCUT2D eigenvalue weighted by Gasteiger charge is 2.44. The summed E-state index contributed by atoms with van der Waals surface area (Å²) in [7, 11) is 3.74. The van der Waals surface area contributed by atoms with E-state index in [9.17, 15) is 18.4 Å². The zero-order valence-corrected chi connectivity index (χ0v) is 19.7. The van der Waals surface area contributed by atoms with Crippen molar-refractivity contribution in [3.05, 3.63) is 82.2 Å². The molecule has 1 unspecified atom stereocenters. The van der Waals surface area contributed by atoms with Crippen LogP contribution < -0.4 is 5.32 Å². The number of fused-ring (bicyclic) bond motifs is 1. The second-order valence-corrected chi connectivity index (χ2v) is 9.19. The molecule has 2 amide bonds. The van der Waals surface area contributed by atoms with Gasteiger partial charge in [0.2, 0.25) is 5.91 Å². The molecule has 0 radical (unpaired) electrons. The molecule has 9 heteroatoms. The van der Waals surface area contributed by atoms with E-state index in [1.54, 1.807) is 11.9 Å². The summed E-state index contributed by atoms with van der Waals surface area (Å²) >= 11 is 0. The zero-order valence-electron chi connectivity index (χ0n) is 19.7. The van der Waals surface area contributed by atoms with Gasteiger partial charge in [-0.15, -0.1) is 0 Å². The number of carbonyl (C=O) groups is 2. The Morgan fingerprint density at radius 3 is 2.34 bits per heavy atom. The fourth-order valence-corrected chi connectivity index (χ4v) is 4.80. The number of nitrogens with one attached hydrogen (secondary N) is 1. The highest BCUT2D eigenvalue weighted by Crippen LogP contribution is 2.33. The van der Waals surface area contributed by atoms with Crippen LogP contribution in [-0.2, 0) is 23.3 Å². The molecule has 1 atom stereocenters. The summed E-state index contributed by atoms with van der Waals surface area (Å²) in [6.45, 7) is 3.52. The van der Waals surface area contributed by atoms with Crippen LogP contribution in [-0.4, -0.2) is 58.8 Å². The Balaban J connectivity index is 1.52. The standard InChI is InChI=1S/C26H25F2N5O2/c1-26(25(35)32(2)11-12-33(26)3)16-9-7-15(8-10-16)13-19-22-20(14-29-24(22)34)31-23(30-19)21-17(27)5-4-6-18(21)28/h4-10H,11-14H2,1-3H3,(H,29,34). The third kappa shape index (κ3) is 3.76. The first-order valence-electron chi connectivity index (χ1n) is 11.4. The third-order valence-corrected chi connectivity index (χ3v) is 7.07. The van der Waals surface area contributed by atoms with E-state index in [0.717, 1.165) is 29.8 Å². The molecule has 3 aromatic rings. The van der Waals surface area contributed by atoms with E-state index in [2.05, 4.69) is 15.3 Å². The first-order chi connectivity index (χ1) is 16.7. The van der Waals surface area contributed by atoms with E-state index in [1.165, 1.54) is 6.07 Å². The van der Waals surface area contributed by atoms with Crippen LogP contribution in [0.2, 0.25) is 0 Å². The lowest BCUT2D eigenvalue weighted by Gasteiger charge is -2.45. The minimum atomic E-state index is -0.781. The number of aromatic nitrogens is 2. The van der Waals surface area contributed by atoms with Crippen LogP contribution in [0.5, 0.6) is 0 Å². The van der Waals surface area contributed by atoms with E-state index in [-0.39, 0.29) is 36.2 Å². The van der Waals surface area contributed by atoms with Crippen LogP contribution in [0.1, 0.15) is 39.8 Å². The van der Waals surface area contributed by atoms with E-state index in [0.29, 0.717) is 23.5 Å². The Kier molecular flexibility index (Phi) is 5.59. The Hall–Kier alpha value is -3.72. The number of rotatable bonds is 4. The molecular weight excluding hydrogens is 452 g/mol. The molecule has 0 bridgehead atoms. The number of nitrogens with zero attached hydrogens (tertiary/aromatic N) is 4. The highest BCUT2D eigenvalue weighted by atomic mass is 19.1. The van der Waals surface area contributed by atoms with Gasteiger partial charge in [-0.1, -0.05) is 30.3 Å². The Morgan fingerprint density at radius 2 is 1.66 bits per heavy atom. The maximum Gasteiger partial charge on any atom is 0.255 e. The molecule has 5 rings (SSSR count). The van der Waals surface area contributed by atoms with Crippen molar-refractivity contribution in [2.24, 2.45) is 0 Å². The van der Waals surface area contributed by atoms with Crippen molar-refractivity contribution >= 4 is 11.8 Å². The molecule has 1 fully saturated rings. The van der Waals surface area contributed by atoms with Crippen LogP contribution in [0.25, 0.3) is 11.4 Å². The molecule has 1 saturated heterocycles. The van der Waals surface area contributed by atoms with Crippen LogP contribution in [0.4, 0.5) is 8.78 Å². The number of piperazine rings is 1. The van der Waals surface area contributed by atoms with Gasteiger partial charge in [0.15, 0.2) is 5.82 Å². The van der Waals surface area contributed by atoms with Crippen molar-refractivity contribution in [3.63, 3.8) is 0 Å². The predicted molar refractivity (Wildman–Crippen MR) is 125 cm³/mol. The minimum absolute atomic E-state index is 0.0286. The van der Waals surface area contributed by atoms with Gasteiger partial charge in [0.1, 0.15) is 17.2 Å². The SMILES string of the molecule is CN1CCN(C)C(C)(c2ccc(Cc3nc(-c4c(F)cccc4F)nc4c3C(=O)NC4)cc2)C1=O. The van der Waals surface area contributed by atoms with Gasteiger partial charge >= 0.3 is 0 Å². The molecule has 3 heterocycles. The molecule has 2 aliphatic heterocycles. The zero-order chi connectivity index (χ0) is 24.9. The van der Waals surface area contributed by atoms with Crippen LogP contribution >= 0.6 is 0 Å². The molecular formula is C26H25F2N5O2. The number of hydrogen-bond acceptors (Lipinski definition) is 5. The van der Waals surface area contributed by atoms with Crippen molar-refractivity contribution in [3.8, 4) is 11.4 Å². The molecule has 0 saturated carbocycles. The first kappa shape index (κ1) is 23.0. The quantitative estimate of drug-likeness (QED) is 0.625. The van der Waals surface area contributed by atoms with Crippen molar-refractivity contribution < 1.29 is 18.4 Å². The van der Waals surface area contributed by atoms with Crippen LogP contribution in [0.3, 0.4) is 0 Å². The lowest BCUT2D eigenvalue weighted by Crippen LogP contribution is -2.60. The Morgan fingerprint density at radius 1 is 0.971 bits per heavy atom. The summed E-state index contributed by atoms with van der Waals surface area (Å²) in [5.41, 5.74) is 1.76. The fraction of sp³-hybridized carbons (Fsp3) is 0.308. The van der Waals surface area contributed by atoms with Crippen molar-refractivity contribution in [2.75, 3.05) is 27.2 Å². The third-order valence-electron chi connectivity index (χ3n) is 7.07. The molecule has 2 aromatic carbocycles. The molecule has 2 aliphatic rings. The molecule has 1 aromatic heterocycles. The van der Waals surface area contributed by atoms with Crippen molar-refractivity contribution in [2.45, 2.75) is 25.4 Å². The van der Waals surface area contributed by atoms with E-state index in [1.807, 2.05) is 43.1 Å². The summed E-state index contributed by atoms with van der Waals surface area (Å²) in [4.78, 5) is 37.9.